The fraction of sp³-hybridized carbons (Fsp3) is 0.800. The Bertz CT molecular complexity index is 198. The number of hydrogen-bond acceptors (Lipinski definition) is 3. The molecule has 1 amide bonds. The van der Waals surface area contributed by atoms with Crippen LogP contribution in [0.2, 0.25) is 0 Å². The van der Waals surface area contributed by atoms with E-state index >= 15 is 0 Å². The van der Waals surface area contributed by atoms with E-state index in [1.807, 2.05) is 0 Å². The maximum Gasteiger partial charge on any atom is 0.209 e. The second-order valence-electron chi connectivity index (χ2n) is 3.79. The molecule has 14 heavy (non-hydrogen) atoms. The molecule has 0 aliphatic carbocycles. The number of hydrogen-bond donors (Lipinski definition) is 0. The number of piperazine rings is 1. The van der Waals surface area contributed by atoms with Crippen molar-refractivity contribution < 1.29 is 9.59 Å². The SMILES string of the molecule is CC(=O)CCCN1CCN(C=O)CC1. The molecule has 0 aromatic rings. The highest BCUT2D eigenvalue weighted by atomic mass is 16.1. The quantitative estimate of drug-likeness (QED) is 0.590. The van der Waals surface area contributed by atoms with Crippen molar-refractivity contribution >= 4 is 12.2 Å². The van der Waals surface area contributed by atoms with Crippen LogP contribution in [0.25, 0.3) is 0 Å². The number of ketones is 1. The van der Waals surface area contributed by atoms with Gasteiger partial charge in [0.2, 0.25) is 6.41 Å². The zero-order valence-electron chi connectivity index (χ0n) is 8.74. The van der Waals surface area contributed by atoms with Gasteiger partial charge in [-0.1, -0.05) is 0 Å². The Balaban J connectivity index is 2.10. The summed E-state index contributed by atoms with van der Waals surface area (Å²) in [6.45, 7) is 6.14. The molecule has 1 heterocycles. The predicted octanol–water partition coefficient (Wildman–Crippen LogP) is 0.130. The highest BCUT2D eigenvalue weighted by molar-refractivity contribution is 5.75. The summed E-state index contributed by atoms with van der Waals surface area (Å²) in [7, 11) is 0. The largest absolute Gasteiger partial charge is 0.343 e. The van der Waals surface area contributed by atoms with Gasteiger partial charge in [0, 0.05) is 32.6 Å². The van der Waals surface area contributed by atoms with Crippen LogP contribution in [-0.4, -0.2) is 54.7 Å². The number of nitrogens with zero attached hydrogens (tertiary/aromatic N) is 2. The van der Waals surface area contributed by atoms with E-state index in [0.717, 1.165) is 45.6 Å². The fourth-order valence-electron chi connectivity index (χ4n) is 1.64. The van der Waals surface area contributed by atoms with Crippen molar-refractivity contribution in [3.05, 3.63) is 0 Å². The molecule has 0 saturated carbocycles. The molecule has 0 aromatic carbocycles. The second-order valence-corrected chi connectivity index (χ2v) is 3.79. The highest BCUT2D eigenvalue weighted by Gasteiger charge is 2.14. The topological polar surface area (TPSA) is 40.6 Å². The van der Waals surface area contributed by atoms with E-state index in [9.17, 15) is 9.59 Å². The molecule has 0 bridgehead atoms. The number of rotatable bonds is 5. The molecule has 1 aliphatic rings. The monoisotopic (exact) mass is 198 g/mol. The second kappa shape index (κ2) is 5.75. The lowest BCUT2D eigenvalue weighted by Gasteiger charge is -2.32. The van der Waals surface area contributed by atoms with Crippen LogP contribution in [0.3, 0.4) is 0 Å². The zero-order chi connectivity index (χ0) is 10.4. The maximum absolute atomic E-state index is 10.7. The van der Waals surface area contributed by atoms with Gasteiger partial charge in [0.05, 0.1) is 0 Å². The van der Waals surface area contributed by atoms with Gasteiger partial charge in [-0.15, -0.1) is 0 Å². The molecule has 1 fully saturated rings. The Morgan fingerprint density at radius 2 is 1.93 bits per heavy atom. The van der Waals surface area contributed by atoms with E-state index in [1.165, 1.54) is 0 Å². The van der Waals surface area contributed by atoms with E-state index in [2.05, 4.69) is 4.90 Å². The smallest absolute Gasteiger partial charge is 0.209 e. The minimum absolute atomic E-state index is 0.261. The normalized spacial score (nSPS) is 18.2. The summed E-state index contributed by atoms with van der Waals surface area (Å²) in [5.74, 6) is 0.261. The average Bonchev–Trinajstić information content (AvgIpc) is 2.18. The first-order valence-corrected chi connectivity index (χ1v) is 5.13. The third-order valence-corrected chi connectivity index (χ3v) is 2.56. The molecule has 0 aromatic heterocycles. The standard InChI is InChI=1S/C10H18N2O2/c1-10(14)3-2-4-11-5-7-12(9-13)8-6-11/h9H,2-8H2,1H3. The molecular formula is C10H18N2O2. The number of Topliss-reactive ketones (excluding diaryl/α,β-unsaturated/α-hetero) is 1. The van der Waals surface area contributed by atoms with Crippen molar-refractivity contribution in [2.45, 2.75) is 19.8 Å². The van der Waals surface area contributed by atoms with Crippen molar-refractivity contribution in [2.24, 2.45) is 0 Å². The van der Waals surface area contributed by atoms with Crippen molar-refractivity contribution in [1.82, 2.24) is 9.80 Å². The minimum Gasteiger partial charge on any atom is -0.343 e. The van der Waals surface area contributed by atoms with Crippen LogP contribution < -0.4 is 0 Å². The third-order valence-electron chi connectivity index (χ3n) is 2.56. The van der Waals surface area contributed by atoms with Crippen LogP contribution in [0.5, 0.6) is 0 Å². The van der Waals surface area contributed by atoms with Crippen molar-refractivity contribution in [3.8, 4) is 0 Å². The van der Waals surface area contributed by atoms with Gasteiger partial charge in [0.15, 0.2) is 0 Å². The first-order valence-electron chi connectivity index (χ1n) is 5.13. The maximum atomic E-state index is 10.7. The molecule has 0 atom stereocenters. The Kier molecular flexibility index (Phi) is 4.59. The summed E-state index contributed by atoms with van der Waals surface area (Å²) in [4.78, 5) is 25.2. The van der Waals surface area contributed by atoms with E-state index < -0.39 is 0 Å². The van der Waals surface area contributed by atoms with Gasteiger partial charge in [-0.05, 0) is 19.9 Å². The summed E-state index contributed by atoms with van der Waals surface area (Å²) >= 11 is 0. The molecule has 0 spiro atoms. The molecule has 4 nitrogen and oxygen atoms in total. The Labute approximate surface area is 84.9 Å². The summed E-state index contributed by atoms with van der Waals surface area (Å²) < 4.78 is 0. The van der Waals surface area contributed by atoms with Crippen LogP contribution in [0, 0.1) is 0 Å². The molecule has 1 rings (SSSR count). The lowest BCUT2D eigenvalue weighted by Crippen LogP contribution is -2.45. The Morgan fingerprint density at radius 3 is 2.43 bits per heavy atom. The number of carbonyl (C=O) groups excluding carboxylic acids is 2. The summed E-state index contributed by atoms with van der Waals surface area (Å²) in [6, 6.07) is 0. The van der Waals surface area contributed by atoms with E-state index in [1.54, 1.807) is 11.8 Å². The van der Waals surface area contributed by atoms with Crippen molar-refractivity contribution in [3.63, 3.8) is 0 Å². The molecule has 4 heteroatoms. The van der Waals surface area contributed by atoms with Crippen LogP contribution in [0.4, 0.5) is 0 Å². The average molecular weight is 198 g/mol. The molecule has 0 radical (unpaired) electrons. The zero-order valence-corrected chi connectivity index (χ0v) is 8.74. The molecule has 80 valence electrons. The Morgan fingerprint density at radius 1 is 1.29 bits per heavy atom. The van der Waals surface area contributed by atoms with E-state index in [0.29, 0.717) is 6.42 Å². The predicted molar refractivity (Wildman–Crippen MR) is 54.0 cm³/mol. The van der Waals surface area contributed by atoms with Crippen LogP contribution in [-0.2, 0) is 9.59 Å². The number of amides is 1. The minimum atomic E-state index is 0.261. The summed E-state index contributed by atoms with van der Waals surface area (Å²) in [5.41, 5.74) is 0. The van der Waals surface area contributed by atoms with Gasteiger partial charge >= 0.3 is 0 Å². The van der Waals surface area contributed by atoms with Crippen molar-refractivity contribution in [1.29, 1.82) is 0 Å². The van der Waals surface area contributed by atoms with Crippen LogP contribution in [0.1, 0.15) is 19.8 Å². The fourth-order valence-corrected chi connectivity index (χ4v) is 1.64. The van der Waals surface area contributed by atoms with Crippen LogP contribution >= 0.6 is 0 Å². The first kappa shape index (κ1) is 11.2. The van der Waals surface area contributed by atoms with Gasteiger partial charge in [0.25, 0.3) is 0 Å². The van der Waals surface area contributed by atoms with Gasteiger partial charge in [-0.2, -0.15) is 0 Å². The molecule has 1 saturated heterocycles. The third kappa shape index (κ3) is 3.87. The summed E-state index contributed by atoms with van der Waals surface area (Å²) in [5, 5.41) is 0. The molecular weight excluding hydrogens is 180 g/mol. The summed E-state index contributed by atoms with van der Waals surface area (Å²) in [6.07, 6.45) is 2.53. The molecule has 1 aliphatic heterocycles. The van der Waals surface area contributed by atoms with Crippen LogP contribution in [0.15, 0.2) is 0 Å². The Hall–Kier alpha value is -0.900. The molecule has 0 N–H and O–H groups in total. The van der Waals surface area contributed by atoms with Gasteiger partial charge in [-0.3, -0.25) is 9.69 Å². The van der Waals surface area contributed by atoms with Gasteiger partial charge in [0.1, 0.15) is 5.78 Å². The highest BCUT2D eigenvalue weighted by Crippen LogP contribution is 2.01. The van der Waals surface area contributed by atoms with Crippen molar-refractivity contribution in [2.75, 3.05) is 32.7 Å². The number of carbonyl (C=O) groups is 2. The van der Waals surface area contributed by atoms with Gasteiger partial charge < -0.3 is 9.69 Å². The first-order chi connectivity index (χ1) is 6.72. The van der Waals surface area contributed by atoms with Gasteiger partial charge in [-0.25, -0.2) is 0 Å². The lowest BCUT2D eigenvalue weighted by molar-refractivity contribution is -0.119. The lowest BCUT2D eigenvalue weighted by atomic mass is 10.2. The molecule has 0 unspecified atom stereocenters. The van der Waals surface area contributed by atoms with E-state index in [4.69, 9.17) is 0 Å². The van der Waals surface area contributed by atoms with E-state index in [-0.39, 0.29) is 5.78 Å².